The highest BCUT2D eigenvalue weighted by Crippen LogP contribution is 2.25. The molecule has 1 N–H and O–H groups in total. The molecule has 2 heterocycles. The molecule has 5 nitrogen and oxygen atoms in total. The zero-order valence-electron chi connectivity index (χ0n) is 15.6. The Balaban J connectivity index is 1.56. The molecule has 0 fully saturated rings. The van der Waals surface area contributed by atoms with Crippen LogP contribution in [0.15, 0.2) is 68.7 Å². The lowest BCUT2D eigenvalue weighted by Crippen LogP contribution is -2.16. The maximum Gasteiger partial charge on any atom is 0.307 e. The Morgan fingerprint density at radius 1 is 1.29 bits per heavy atom. The number of carbonyl (C=O) groups excluding carboxylic acids is 1. The van der Waals surface area contributed by atoms with Gasteiger partial charge in [-0.15, -0.1) is 0 Å². The fraction of sp³-hybridized carbons (Fsp3) is 0.182. The summed E-state index contributed by atoms with van der Waals surface area (Å²) in [6.07, 6.45) is 4.79. The molecule has 4 rings (SSSR count). The lowest BCUT2D eigenvalue weighted by Gasteiger charge is -2.12. The highest BCUT2D eigenvalue weighted by molar-refractivity contribution is 9.10. The van der Waals surface area contributed by atoms with E-state index >= 15 is 0 Å². The van der Waals surface area contributed by atoms with Crippen molar-refractivity contribution in [2.75, 3.05) is 0 Å². The molecule has 0 saturated heterocycles. The van der Waals surface area contributed by atoms with Gasteiger partial charge in [0.1, 0.15) is 5.58 Å². The number of carbonyl (C=O) groups is 1. The summed E-state index contributed by atoms with van der Waals surface area (Å²) in [5.41, 5.74) is 5.34. The SMILES string of the molecule is CC[C@@H](C)n1cc(/C=N/NC(=O)c2cc3cc(Br)ccc3o2)c2ccccc21. The molecule has 0 saturated carbocycles. The van der Waals surface area contributed by atoms with Crippen molar-refractivity contribution < 1.29 is 9.21 Å². The van der Waals surface area contributed by atoms with Crippen LogP contribution in [0.2, 0.25) is 0 Å². The predicted octanol–water partition coefficient (Wildman–Crippen LogP) is 5.88. The van der Waals surface area contributed by atoms with Gasteiger partial charge in [-0.3, -0.25) is 4.79 Å². The van der Waals surface area contributed by atoms with Gasteiger partial charge in [0.05, 0.1) is 6.21 Å². The molecule has 0 aliphatic rings. The van der Waals surface area contributed by atoms with Crippen molar-refractivity contribution in [1.82, 2.24) is 9.99 Å². The summed E-state index contributed by atoms with van der Waals surface area (Å²) in [5, 5.41) is 6.11. The van der Waals surface area contributed by atoms with E-state index in [-0.39, 0.29) is 11.7 Å². The molecule has 0 spiro atoms. The van der Waals surface area contributed by atoms with Crippen LogP contribution in [0.4, 0.5) is 0 Å². The quantitative estimate of drug-likeness (QED) is 0.312. The molecule has 0 aliphatic heterocycles. The van der Waals surface area contributed by atoms with Gasteiger partial charge in [-0.25, -0.2) is 5.43 Å². The van der Waals surface area contributed by atoms with Gasteiger partial charge in [0.2, 0.25) is 0 Å². The van der Waals surface area contributed by atoms with E-state index in [0.717, 1.165) is 32.7 Å². The van der Waals surface area contributed by atoms with Crippen molar-refractivity contribution in [3.63, 3.8) is 0 Å². The number of furan rings is 1. The molecule has 0 aliphatic carbocycles. The van der Waals surface area contributed by atoms with Crippen molar-refractivity contribution in [1.29, 1.82) is 0 Å². The van der Waals surface area contributed by atoms with Crippen LogP contribution < -0.4 is 5.43 Å². The number of fused-ring (bicyclic) bond motifs is 2. The van der Waals surface area contributed by atoms with E-state index < -0.39 is 0 Å². The summed E-state index contributed by atoms with van der Waals surface area (Å²) in [6.45, 7) is 4.36. The van der Waals surface area contributed by atoms with E-state index in [4.69, 9.17) is 4.42 Å². The summed E-state index contributed by atoms with van der Waals surface area (Å²) < 4.78 is 8.78. The molecule has 1 amide bonds. The van der Waals surface area contributed by atoms with Crippen LogP contribution in [0.1, 0.15) is 42.4 Å². The first-order valence-electron chi connectivity index (χ1n) is 9.19. The minimum absolute atomic E-state index is 0.229. The van der Waals surface area contributed by atoms with Gasteiger partial charge in [0.25, 0.3) is 0 Å². The van der Waals surface area contributed by atoms with Crippen molar-refractivity contribution in [3.05, 3.63) is 70.5 Å². The smallest absolute Gasteiger partial charge is 0.307 e. The number of hydrogen-bond donors (Lipinski definition) is 1. The minimum Gasteiger partial charge on any atom is -0.451 e. The van der Waals surface area contributed by atoms with Crippen molar-refractivity contribution >= 4 is 49.9 Å². The van der Waals surface area contributed by atoms with Crippen molar-refractivity contribution in [2.24, 2.45) is 5.10 Å². The fourth-order valence-electron chi connectivity index (χ4n) is 3.24. The van der Waals surface area contributed by atoms with Crippen LogP contribution in [-0.4, -0.2) is 16.7 Å². The Hall–Kier alpha value is -2.86. The van der Waals surface area contributed by atoms with E-state index in [0.29, 0.717) is 11.6 Å². The number of nitrogens with one attached hydrogen (secondary N) is 1. The molecule has 2 aromatic carbocycles. The van der Waals surface area contributed by atoms with E-state index in [9.17, 15) is 4.79 Å². The zero-order chi connectivity index (χ0) is 19.7. The van der Waals surface area contributed by atoms with E-state index in [1.54, 1.807) is 12.3 Å². The molecule has 28 heavy (non-hydrogen) atoms. The lowest BCUT2D eigenvalue weighted by molar-refractivity contribution is 0.0929. The van der Waals surface area contributed by atoms with Gasteiger partial charge in [0, 0.05) is 38.6 Å². The molecule has 0 radical (unpaired) electrons. The zero-order valence-corrected chi connectivity index (χ0v) is 17.2. The molecule has 2 aromatic heterocycles. The van der Waals surface area contributed by atoms with Crippen molar-refractivity contribution in [2.45, 2.75) is 26.3 Å². The Kier molecular flexibility index (Phi) is 5.05. The second-order valence-corrected chi connectivity index (χ2v) is 7.67. The number of hydrogen-bond acceptors (Lipinski definition) is 3. The van der Waals surface area contributed by atoms with Gasteiger partial charge in [-0.1, -0.05) is 41.1 Å². The molecule has 6 heteroatoms. The monoisotopic (exact) mass is 437 g/mol. The molecule has 0 bridgehead atoms. The number of aromatic nitrogens is 1. The maximum absolute atomic E-state index is 12.4. The average molecular weight is 438 g/mol. The summed E-state index contributed by atoms with van der Waals surface area (Å²) in [5.74, 6) is -0.151. The van der Waals surface area contributed by atoms with Crippen LogP contribution in [0.5, 0.6) is 0 Å². The number of hydrazone groups is 1. The fourth-order valence-corrected chi connectivity index (χ4v) is 3.62. The maximum atomic E-state index is 12.4. The van der Waals surface area contributed by atoms with Gasteiger partial charge in [-0.2, -0.15) is 5.10 Å². The Morgan fingerprint density at radius 2 is 2.11 bits per heavy atom. The molecule has 0 unspecified atom stereocenters. The predicted molar refractivity (Wildman–Crippen MR) is 116 cm³/mol. The minimum atomic E-state index is -0.380. The average Bonchev–Trinajstić information content (AvgIpc) is 3.29. The third-order valence-corrected chi connectivity index (χ3v) is 5.40. The number of nitrogens with zero attached hydrogens (tertiary/aromatic N) is 2. The highest BCUT2D eigenvalue weighted by Gasteiger charge is 2.13. The largest absolute Gasteiger partial charge is 0.451 e. The molecule has 4 aromatic rings. The first kappa shape index (κ1) is 18.5. The van der Waals surface area contributed by atoms with Crippen LogP contribution in [0.25, 0.3) is 21.9 Å². The highest BCUT2D eigenvalue weighted by atomic mass is 79.9. The number of amides is 1. The topological polar surface area (TPSA) is 59.5 Å². The van der Waals surface area contributed by atoms with E-state index in [1.807, 2.05) is 30.3 Å². The standard InChI is InChI=1S/C22H20BrN3O2/c1-3-14(2)26-13-16(18-6-4-5-7-19(18)26)12-24-25-22(27)21-11-15-10-17(23)8-9-20(15)28-21/h4-14H,3H2,1-2H3,(H,25,27)/b24-12+/t14-/m1/s1. The third kappa shape index (κ3) is 3.47. The van der Waals surface area contributed by atoms with Crippen LogP contribution in [0.3, 0.4) is 0 Å². The Morgan fingerprint density at radius 3 is 2.93 bits per heavy atom. The van der Waals surface area contributed by atoms with Crippen molar-refractivity contribution in [3.8, 4) is 0 Å². The number of halogens is 1. The molecule has 142 valence electrons. The first-order chi connectivity index (χ1) is 13.6. The third-order valence-electron chi connectivity index (χ3n) is 4.91. The number of benzene rings is 2. The Bertz CT molecular complexity index is 1190. The van der Waals surface area contributed by atoms with E-state index in [1.165, 1.54) is 0 Å². The second kappa shape index (κ2) is 7.64. The van der Waals surface area contributed by atoms with Crippen LogP contribution in [-0.2, 0) is 0 Å². The Labute approximate surface area is 171 Å². The van der Waals surface area contributed by atoms with Gasteiger partial charge >= 0.3 is 5.91 Å². The van der Waals surface area contributed by atoms with E-state index in [2.05, 4.69) is 63.2 Å². The molecule has 1 atom stereocenters. The summed E-state index contributed by atoms with van der Waals surface area (Å²) in [7, 11) is 0. The number of para-hydroxylation sites is 1. The van der Waals surface area contributed by atoms with Gasteiger partial charge in [-0.05, 0) is 43.7 Å². The summed E-state index contributed by atoms with van der Waals surface area (Å²) in [4.78, 5) is 12.4. The summed E-state index contributed by atoms with van der Waals surface area (Å²) in [6, 6.07) is 15.9. The molecular formula is C22H20BrN3O2. The second-order valence-electron chi connectivity index (χ2n) is 6.76. The summed E-state index contributed by atoms with van der Waals surface area (Å²) >= 11 is 3.42. The van der Waals surface area contributed by atoms with Crippen LogP contribution >= 0.6 is 15.9 Å². The van der Waals surface area contributed by atoms with Gasteiger partial charge < -0.3 is 8.98 Å². The lowest BCUT2D eigenvalue weighted by atomic mass is 10.2. The first-order valence-corrected chi connectivity index (χ1v) is 9.98. The number of rotatable bonds is 5. The van der Waals surface area contributed by atoms with Gasteiger partial charge in [0.15, 0.2) is 5.76 Å². The normalized spacial score (nSPS) is 12.8. The molecular weight excluding hydrogens is 418 g/mol. The van der Waals surface area contributed by atoms with Crippen LogP contribution in [0, 0.1) is 0 Å².